The third-order valence-electron chi connectivity index (χ3n) is 2.44. The maximum Gasteiger partial charge on any atom is 0.269 e. The molecule has 15 heavy (non-hydrogen) atoms. The SMILES string of the molecule is CCCC(C)c1cc([N+](=O)[O-])ccc1F. The quantitative estimate of drug-likeness (QED) is 0.563. The number of nitrogens with zero attached hydrogens (tertiary/aromatic N) is 1. The van der Waals surface area contributed by atoms with Crippen LogP contribution in [-0.4, -0.2) is 4.92 Å². The van der Waals surface area contributed by atoms with Crippen LogP contribution in [0.15, 0.2) is 18.2 Å². The van der Waals surface area contributed by atoms with Crippen molar-refractivity contribution in [3.05, 3.63) is 39.7 Å². The largest absolute Gasteiger partial charge is 0.269 e. The molecule has 0 bridgehead atoms. The van der Waals surface area contributed by atoms with Gasteiger partial charge in [-0.15, -0.1) is 0 Å². The monoisotopic (exact) mass is 211 g/mol. The molecule has 0 heterocycles. The summed E-state index contributed by atoms with van der Waals surface area (Å²) in [5.41, 5.74) is 0.389. The molecule has 1 unspecified atom stereocenters. The van der Waals surface area contributed by atoms with E-state index in [4.69, 9.17) is 0 Å². The lowest BCUT2D eigenvalue weighted by Crippen LogP contribution is -1.99. The summed E-state index contributed by atoms with van der Waals surface area (Å²) in [6.45, 7) is 3.89. The highest BCUT2D eigenvalue weighted by atomic mass is 19.1. The zero-order valence-corrected chi connectivity index (χ0v) is 8.87. The molecule has 0 saturated heterocycles. The van der Waals surface area contributed by atoms with Gasteiger partial charge in [0.25, 0.3) is 5.69 Å². The molecule has 3 nitrogen and oxygen atoms in total. The summed E-state index contributed by atoms with van der Waals surface area (Å²) >= 11 is 0. The van der Waals surface area contributed by atoms with Gasteiger partial charge in [0.2, 0.25) is 0 Å². The second-order valence-electron chi connectivity index (χ2n) is 3.65. The summed E-state index contributed by atoms with van der Waals surface area (Å²) in [5.74, 6) is -0.337. The van der Waals surface area contributed by atoms with Crippen molar-refractivity contribution in [1.29, 1.82) is 0 Å². The van der Waals surface area contributed by atoms with Gasteiger partial charge >= 0.3 is 0 Å². The van der Waals surface area contributed by atoms with E-state index in [0.29, 0.717) is 5.56 Å². The summed E-state index contributed by atoms with van der Waals surface area (Å²) in [7, 11) is 0. The van der Waals surface area contributed by atoms with Gasteiger partial charge in [0.05, 0.1) is 4.92 Å². The van der Waals surface area contributed by atoms with Gasteiger partial charge in [0.1, 0.15) is 5.82 Å². The molecule has 0 aliphatic heterocycles. The van der Waals surface area contributed by atoms with Gasteiger partial charge in [-0.05, 0) is 24.0 Å². The number of hydrogen-bond acceptors (Lipinski definition) is 2. The Hall–Kier alpha value is -1.45. The van der Waals surface area contributed by atoms with E-state index < -0.39 is 4.92 Å². The van der Waals surface area contributed by atoms with Crippen LogP contribution in [0.2, 0.25) is 0 Å². The number of rotatable bonds is 4. The lowest BCUT2D eigenvalue weighted by atomic mass is 9.96. The lowest BCUT2D eigenvalue weighted by Gasteiger charge is -2.10. The number of non-ortho nitro benzene ring substituents is 1. The van der Waals surface area contributed by atoms with Gasteiger partial charge in [0.15, 0.2) is 0 Å². The van der Waals surface area contributed by atoms with E-state index in [2.05, 4.69) is 0 Å². The summed E-state index contributed by atoms with van der Waals surface area (Å²) in [5, 5.41) is 10.5. The molecule has 0 N–H and O–H groups in total. The van der Waals surface area contributed by atoms with Crippen molar-refractivity contribution >= 4 is 5.69 Å². The highest BCUT2D eigenvalue weighted by Crippen LogP contribution is 2.26. The highest BCUT2D eigenvalue weighted by Gasteiger charge is 2.15. The molecule has 82 valence electrons. The van der Waals surface area contributed by atoms with Crippen molar-refractivity contribution in [2.24, 2.45) is 0 Å². The van der Waals surface area contributed by atoms with E-state index in [1.54, 1.807) is 0 Å². The molecular formula is C11H14FNO2. The van der Waals surface area contributed by atoms with Crippen LogP contribution in [-0.2, 0) is 0 Å². The summed E-state index contributed by atoms with van der Waals surface area (Å²) in [6.07, 6.45) is 1.77. The van der Waals surface area contributed by atoms with E-state index >= 15 is 0 Å². The van der Waals surface area contributed by atoms with E-state index in [-0.39, 0.29) is 17.4 Å². The van der Waals surface area contributed by atoms with E-state index in [9.17, 15) is 14.5 Å². The van der Waals surface area contributed by atoms with Gasteiger partial charge < -0.3 is 0 Å². The maximum absolute atomic E-state index is 13.4. The van der Waals surface area contributed by atoms with E-state index in [0.717, 1.165) is 12.8 Å². The smallest absolute Gasteiger partial charge is 0.258 e. The Balaban J connectivity index is 3.04. The van der Waals surface area contributed by atoms with Crippen molar-refractivity contribution < 1.29 is 9.31 Å². The number of nitro benzene ring substituents is 1. The molecule has 0 spiro atoms. The normalized spacial score (nSPS) is 12.5. The number of benzene rings is 1. The molecule has 1 aromatic rings. The topological polar surface area (TPSA) is 43.1 Å². The van der Waals surface area contributed by atoms with Crippen LogP contribution in [0.3, 0.4) is 0 Å². The number of hydrogen-bond donors (Lipinski definition) is 0. The minimum atomic E-state index is -0.498. The van der Waals surface area contributed by atoms with Gasteiger partial charge in [-0.2, -0.15) is 0 Å². The predicted octanol–water partition coefficient (Wildman–Crippen LogP) is 3.64. The Morgan fingerprint density at radius 1 is 1.53 bits per heavy atom. The Bertz CT molecular complexity index is 366. The van der Waals surface area contributed by atoms with Crippen LogP contribution >= 0.6 is 0 Å². The molecule has 0 aliphatic rings. The fourth-order valence-electron chi connectivity index (χ4n) is 1.61. The predicted molar refractivity (Wildman–Crippen MR) is 56.4 cm³/mol. The molecule has 1 rings (SSSR count). The fourth-order valence-corrected chi connectivity index (χ4v) is 1.61. The van der Waals surface area contributed by atoms with E-state index in [1.165, 1.54) is 18.2 Å². The average Bonchev–Trinajstić information content (AvgIpc) is 2.18. The Labute approximate surface area is 88.1 Å². The molecule has 0 fully saturated rings. The Kier molecular flexibility index (Phi) is 3.77. The molecule has 0 radical (unpaired) electrons. The first kappa shape index (κ1) is 11.6. The standard InChI is InChI=1S/C11H14FNO2/c1-3-4-8(2)10-7-9(13(14)15)5-6-11(10)12/h5-8H,3-4H2,1-2H3. The Morgan fingerprint density at radius 2 is 2.20 bits per heavy atom. The van der Waals surface area contributed by atoms with E-state index in [1.807, 2.05) is 13.8 Å². The van der Waals surface area contributed by atoms with Crippen molar-refractivity contribution in [2.75, 3.05) is 0 Å². The van der Waals surface area contributed by atoms with Crippen LogP contribution < -0.4 is 0 Å². The van der Waals surface area contributed by atoms with Crippen LogP contribution in [0.4, 0.5) is 10.1 Å². The van der Waals surface area contributed by atoms with Gasteiger partial charge in [-0.1, -0.05) is 20.3 Å². The molecule has 0 aliphatic carbocycles. The first-order chi connectivity index (χ1) is 7.06. The third kappa shape index (κ3) is 2.75. The van der Waals surface area contributed by atoms with Gasteiger partial charge in [0, 0.05) is 12.1 Å². The minimum absolute atomic E-state index is 0.0231. The lowest BCUT2D eigenvalue weighted by molar-refractivity contribution is -0.385. The second-order valence-corrected chi connectivity index (χ2v) is 3.65. The van der Waals surface area contributed by atoms with Gasteiger partial charge in [-0.25, -0.2) is 4.39 Å². The average molecular weight is 211 g/mol. The first-order valence-corrected chi connectivity index (χ1v) is 5.00. The maximum atomic E-state index is 13.4. The van der Waals surface area contributed by atoms with Crippen LogP contribution in [0, 0.1) is 15.9 Å². The van der Waals surface area contributed by atoms with Gasteiger partial charge in [-0.3, -0.25) is 10.1 Å². The highest BCUT2D eigenvalue weighted by molar-refractivity contribution is 5.36. The molecule has 1 aromatic carbocycles. The van der Waals surface area contributed by atoms with Crippen molar-refractivity contribution in [3.63, 3.8) is 0 Å². The third-order valence-corrected chi connectivity index (χ3v) is 2.44. The molecule has 0 aromatic heterocycles. The zero-order valence-electron chi connectivity index (χ0n) is 8.87. The van der Waals surface area contributed by atoms with Crippen molar-refractivity contribution in [2.45, 2.75) is 32.6 Å². The fraction of sp³-hybridized carbons (Fsp3) is 0.455. The van der Waals surface area contributed by atoms with Crippen LogP contribution in [0.1, 0.15) is 38.2 Å². The molecule has 4 heteroatoms. The molecule has 0 amide bonds. The van der Waals surface area contributed by atoms with Crippen LogP contribution in [0.5, 0.6) is 0 Å². The molecule has 1 atom stereocenters. The van der Waals surface area contributed by atoms with Crippen molar-refractivity contribution in [3.8, 4) is 0 Å². The first-order valence-electron chi connectivity index (χ1n) is 5.00. The summed E-state index contributed by atoms with van der Waals surface area (Å²) in [4.78, 5) is 10.0. The van der Waals surface area contributed by atoms with Crippen molar-refractivity contribution in [1.82, 2.24) is 0 Å². The Morgan fingerprint density at radius 3 is 2.73 bits per heavy atom. The zero-order chi connectivity index (χ0) is 11.4. The summed E-state index contributed by atoms with van der Waals surface area (Å²) in [6, 6.07) is 3.69. The summed E-state index contributed by atoms with van der Waals surface area (Å²) < 4.78 is 13.4. The number of halogens is 1. The second kappa shape index (κ2) is 4.87. The number of nitro groups is 1. The molecule has 0 saturated carbocycles. The minimum Gasteiger partial charge on any atom is -0.258 e. The van der Waals surface area contributed by atoms with Crippen LogP contribution in [0.25, 0.3) is 0 Å². The molecular weight excluding hydrogens is 197 g/mol.